The van der Waals surface area contributed by atoms with Crippen LogP contribution in [-0.2, 0) is 4.74 Å². The van der Waals surface area contributed by atoms with Crippen LogP contribution in [0.5, 0.6) is 0 Å². The van der Waals surface area contributed by atoms with Gasteiger partial charge in [-0.25, -0.2) is 0 Å². The zero-order chi connectivity index (χ0) is 13.9. The number of nitrogens with zero attached hydrogens (tertiary/aromatic N) is 2. The van der Waals surface area contributed by atoms with E-state index in [0.29, 0.717) is 0 Å². The number of hydrogen-bond donors (Lipinski definition) is 1. The van der Waals surface area contributed by atoms with Gasteiger partial charge in [-0.3, -0.25) is 4.90 Å². The van der Waals surface area contributed by atoms with Crippen LogP contribution < -0.4 is 0 Å². The molecule has 0 aliphatic carbocycles. The maximum Gasteiger partial charge on any atom is 0.216 e. The number of aliphatic hydroxyl groups excluding tert-OH is 1. The van der Waals surface area contributed by atoms with Gasteiger partial charge in [-0.15, -0.1) is 0 Å². The predicted octanol–water partition coefficient (Wildman–Crippen LogP) is 2.03. The SMILES string of the molecule is CC(C)(C)OC(O)N1CCC(N2CCCCC2)CC1. The minimum atomic E-state index is -0.748. The highest BCUT2D eigenvalue weighted by atomic mass is 16.6. The molecule has 0 amide bonds. The lowest BCUT2D eigenvalue weighted by molar-refractivity contribution is -0.243. The Morgan fingerprint density at radius 2 is 1.58 bits per heavy atom. The Balaban J connectivity index is 1.75. The monoisotopic (exact) mass is 270 g/mol. The number of hydrogen-bond acceptors (Lipinski definition) is 4. The molecule has 2 heterocycles. The van der Waals surface area contributed by atoms with E-state index in [4.69, 9.17) is 4.74 Å². The van der Waals surface area contributed by atoms with Crippen LogP contribution in [0.2, 0.25) is 0 Å². The molecule has 0 radical (unpaired) electrons. The molecule has 4 nitrogen and oxygen atoms in total. The Morgan fingerprint density at radius 3 is 2.11 bits per heavy atom. The highest BCUT2D eigenvalue weighted by Gasteiger charge is 2.30. The van der Waals surface area contributed by atoms with Crippen LogP contribution in [-0.4, -0.2) is 59.1 Å². The molecule has 0 spiro atoms. The van der Waals surface area contributed by atoms with Crippen molar-refractivity contribution < 1.29 is 9.84 Å². The van der Waals surface area contributed by atoms with Crippen molar-refractivity contribution in [3.63, 3.8) is 0 Å². The van der Waals surface area contributed by atoms with Gasteiger partial charge in [-0.2, -0.15) is 0 Å². The van der Waals surface area contributed by atoms with Gasteiger partial charge < -0.3 is 14.7 Å². The predicted molar refractivity (Wildman–Crippen MR) is 76.9 cm³/mol. The second kappa shape index (κ2) is 6.53. The van der Waals surface area contributed by atoms with E-state index in [2.05, 4.69) is 9.80 Å². The lowest BCUT2D eigenvalue weighted by Gasteiger charge is -2.42. The minimum Gasteiger partial charge on any atom is -0.356 e. The van der Waals surface area contributed by atoms with E-state index in [0.717, 1.165) is 32.0 Å². The fraction of sp³-hybridized carbons (Fsp3) is 1.00. The first-order chi connectivity index (χ1) is 8.96. The van der Waals surface area contributed by atoms with Crippen molar-refractivity contribution in [1.29, 1.82) is 0 Å². The molecular weight excluding hydrogens is 240 g/mol. The average molecular weight is 270 g/mol. The summed E-state index contributed by atoms with van der Waals surface area (Å²) in [4.78, 5) is 4.71. The molecule has 1 N–H and O–H groups in total. The highest BCUT2D eigenvalue weighted by Crippen LogP contribution is 2.22. The molecule has 1 unspecified atom stereocenters. The summed E-state index contributed by atoms with van der Waals surface area (Å²) in [5.41, 5.74) is -0.289. The molecule has 0 saturated carbocycles. The van der Waals surface area contributed by atoms with Gasteiger partial charge in [-0.1, -0.05) is 6.42 Å². The summed E-state index contributed by atoms with van der Waals surface area (Å²) in [6, 6.07) is 0.721. The van der Waals surface area contributed by atoms with Crippen molar-refractivity contribution in [2.75, 3.05) is 26.2 Å². The van der Waals surface area contributed by atoms with Crippen LogP contribution in [0.15, 0.2) is 0 Å². The zero-order valence-corrected chi connectivity index (χ0v) is 12.8. The Morgan fingerprint density at radius 1 is 1.00 bits per heavy atom. The molecule has 0 aromatic rings. The van der Waals surface area contributed by atoms with Crippen LogP contribution in [0.25, 0.3) is 0 Å². The van der Waals surface area contributed by atoms with Crippen LogP contribution in [0.4, 0.5) is 0 Å². The maximum atomic E-state index is 10.1. The van der Waals surface area contributed by atoms with E-state index in [1.807, 2.05) is 20.8 Å². The van der Waals surface area contributed by atoms with Crippen molar-refractivity contribution in [2.45, 2.75) is 70.9 Å². The van der Waals surface area contributed by atoms with E-state index in [1.165, 1.54) is 32.4 Å². The molecule has 19 heavy (non-hydrogen) atoms. The standard InChI is InChI=1S/C15H30N2O2/c1-15(2,3)19-14(18)17-11-7-13(8-12-17)16-9-5-4-6-10-16/h13-14,18H,4-12H2,1-3H3. The van der Waals surface area contributed by atoms with Crippen molar-refractivity contribution in [2.24, 2.45) is 0 Å². The molecule has 0 aromatic carbocycles. The second-order valence-electron chi connectivity index (χ2n) is 6.92. The van der Waals surface area contributed by atoms with E-state index in [9.17, 15) is 5.11 Å². The maximum absolute atomic E-state index is 10.1. The number of rotatable bonds is 3. The summed E-state index contributed by atoms with van der Waals surface area (Å²) in [5, 5.41) is 10.1. The summed E-state index contributed by atoms with van der Waals surface area (Å²) < 4.78 is 5.63. The molecule has 0 bridgehead atoms. The summed E-state index contributed by atoms with van der Waals surface area (Å²) in [6.45, 7) is 10.4. The molecule has 0 aromatic heterocycles. The van der Waals surface area contributed by atoms with E-state index < -0.39 is 6.41 Å². The third-order valence-electron chi connectivity index (χ3n) is 4.18. The molecule has 2 aliphatic rings. The molecule has 2 fully saturated rings. The number of likely N-dealkylation sites (tertiary alicyclic amines) is 2. The van der Waals surface area contributed by atoms with Crippen molar-refractivity contribution in [1.82, 2.24) is 9.80 Å². The van der Waals surface area contributed by atoms with Gasteiger partial charge in [-0.05, 0) is 59.5 Å². The van der Waals surface area contributed by atoms with Gasteiger partial charge in [0.05, 0.1) is 5.60 Å². The van der Waals surface area contributed by atoms with Crippen LogP contribution in [0.1, 0.15) is 52.9 Å². The first-order valence-corrected chi connectivity index (χ1v) is 7.80. The molecular formula is C15H30N2O2. The third-order valence-corrected chi connectivity index (χ3v) is 4.18. The van der Waals surface area contributed by atoms with Crippen LogP contribution >= 0.6 is 0 Å². The van der Waals surface area contributed by atoms with Gasteiger partial charge in [0.1, 0.15) is 0 Å². The van der Waals surface area contributed by atoms with Gasteiger partial charge in [0, 0.05) is 19.1 Å². The highest BCUT2D eigenvalue weighted by molar-refractivity contribution is 4.81. The molecule has 2 saturated heterocycles. The second-order valence-corrected chi connectivity index (χ2v) is 6.92. The molecule has 112 valence electrons. The molecule has 2 rings (SSSR count). The van der Waals surface area contributed by atoms with Crippen molar-refractivity contribution in [3.8, 4) is 0 Å². The van der Waals surface area contributed by atoms with E-state index >= 15 is 0 Å². The van der Waals surface area contributed by atoms with E-state index in [-0.39, 0.29) is 5.60 Å². The normalized spacial score (nSPS) is 26.5. The Bertz CT molecular complexity index is 264. The minimum absolute atomic E-state index is 0.289. The molecule has 2 aliphatic heterocycles. The smallest absolute Gasteiger partial charge is 0.216 e. The number of aliphatic hydroxyl groups is 1. The number of piperidine rings is 2. The zero-order valence-electron chi connectivity index (χ0n) is 12.8. The summed E-state index contributed by atoms with van der Waals surface area (Å²) in [7, 11) is 0. The third kappa shape index (κ3) is 4.71. The summed E-state index contributed by atoms with van der Waals surface area (Å²) >= 11 is 0. The summed E-state index contributed by atoms with van der Waals surface area (Å²) in [6.07, 6.45) is 5.68. The van der Waals surface area contributed by atoms with Crippen molar-refractivity contribution >= 4 is 0 Å². The van der Waals surface area contributed by atoms with Crippen LogP contribution in [0, 0.1) is 0 Å². The van der Waals surface area contributed by atoms with Gasteiger partial charge in [0.15, 0.2) is 0 Å². The Labute approximate surface area is 117 Å². The number of ether oxygens (including phenoxy) is 1. The fourth-order valence-electron chi connectivity index (χ4n) is 3.15. The van der Waals surface area contributed by atoms with E-state index in [1.54, 1.807) is 0 Å². The average Bonchev–Trinajstić information content (AvgIpc) is 2.38. The summed E-state index contributed by atoms with van der Waals surface area (Å²) in [5.74, 6) is 0. The largest absolute Gasteiger partial charge is 0.356 e. The first-order valence-electron chi connectivity index (χ1n) is 7.80. The molecule has 4 heteroatoms. The quantitative estimate of drug-likeness (QED) is 0.796. The topological polar surface area (TPSA) is 35.9 Å². The van der Waals surface area contributed by atoms with Crippen LogP contribution in [0.3, 0.4) is 0 Å². The van der Waals surface area contributed by atoms with Crippen molar-refractivity contribution in [3.05, 3.63) is 0 Å². The van der Waals surface area contributed by atoms with Gasteiger partial charge in [0.25, 0.3) is 0 Å². The molecule has 1 atom stereocenters. The first kappa shape index (κ1) is 15.2. The van der Waals surface area contributed by atoms with Gasteiger partial charge >= 0.3 is 0 Å². The van der Waals surface area contributed by atoms with Gasteiger partial charge in [0.2, 0.25) is 6.41 Å². The fourth-order valence-corrected chi connectivity index (χ4v) is 3.15. The lowest BCUT2D eigenvalue weighted by atomic mass is 10.00. The Kier molecular flexibility index (Phi) is 5.23. The lowest BCUT2D eigenvalue weighted by Crippen LogP contribution is -2.51. The Hall–Kier alpha value is -0.160.